The predicted molar refractivity (Wildman–Crippen MR) is 111 cm³/mol. The Morgan fingerprint density at radius 3 is 2.68 bits per heavy atom. The van der Waals surface area contributed by atoms with Gasteiger partial charge in [-0.1, -0.05) is 25.1 Å². The second-order valence-corrected chi connectivity index (χ2v) is 7.86. The Hall–Kier alpha value is -2.73. The summed E-state index contributed by atoms with van der Waals surface area (Å²) >= 11 is 1.70. The Labute approximate surface area is 169 Å². The van der Waals surface area contributed by atoms with Crippen LogP contribution in [0, 0.1) is 0 Å². The van der Waals surface area contributed by atoms with E-state index in [1.54, 1.807) is 23.7 Å². The summed E-state index contributed by atoms with van der Waals surface area (Å²) in [5, 5.41) is 2.06. The zero-order valence-electron chi connectivity index (χ0n) is 15.9. The lowest BCUT2D eigenvalue weighted by molar-refractivity contribution is 0.0515. The standard InChI is InChI=1S/C22H23N3O2S/c1-2-16-13-23-22(24-14-16)27-19-5-3-11-25(15-19)21(26)18-9-7-17(8-10-18)20-6-4-12-28-20/h4,6-10,12-14,19H,2-3,5,11,15H2,1H3. The van der Waals surface area contributed by atoms with Crippen LogP contribution in [0.25, 0.3) is 10.4 Å². The van der Waals surface area contributed by atoms with Gasteiger partial charge in [0.25, 0.3) is 5.91 Å². The van der Waals surface area contributed by atoms with E-state index in [0.29, 0.717) is 18.1 Å². The van der Waals surface area contributed by atoms with E-state index in [-0.39, 0.29) is 12.0 Å². The topological polar surface area (TPSA) is 55.3 Å². The average molecular weight is 394 g/mol. The molecule has 0 bridgehead atoms. The van der Waals surface area contributed by atoms with Crippen LogP contribution >= 0.6 is 11.3 Å². The minimum atomic E-state index is -0.0735. The van der Waals surface area contributed by atoms with Crippen molar-refractivity contribution in [2.45, 2.75) is 32.3 Å². The summed E-state index contributed by atoms with van der Waals surface area (Å²) in [6.07, 6.45) is 6.23. The molecular weight excluding hydrogens is 370 g/mol. The highest BCUT2D eigenvalue weighted by Crippen LogP contribution is 2.25. The third-order valence-electron chi connectivity index (χ3n) is 4.96. The van der Waals surface area contributed by atoms with Gasteiger partial charge in [0.2, 0.25) is 0 Å². The quantitative estimate of drug-likeness (QED) is 0.643. The number of amides is 1. The van der Waals surface area contributed by atoms with E-state index in [9.17, 15) is 4.79 Å². The van der Waals surface area contributed by atoms with Crippen molar-refractivity contribution in [2.24, 2.45) is 0 Å². The van der Waals surface area contributed by atoms with E-state index in [1.807, 2.05) is 35.2 Å². The van der Waals surface area contributed by atoms with Gasteiger partial charge < -0.3 is 9.64 Å². The SMILES string of the molecule is CCc1cnc(OC2CCCN(C(=O)c3ccc(-c4cccs4)cc3)C2)nc1. The lowest BCUT2D eigenvalue weighted by Crippen LogP contribution is -2.44. The molecule has 0 saturated carbocycles. The highest BCUT2D eigenvalue weighted by molar-refractivity contribution is 7.13. The molecule has 28 heavy (non-hydrogen) atoms. The van der Waals surface area contributed by atoms with Crippen LogP contribution in [0.3, 0.4) is 0 Å². The largest absolute Gasteiger partial charge is 0.458 e. The normalized spacial score (nSPS) is 16.8. The molecule has 0 radical (unpaired) electrons. The summed E-state index contributed by atoms with van der Waals surface area (Å²) in [6.45, 7) is 3.38. The fraction of sp³-hybridized carbons (Fsp3) is 0.318. The maximum atomic E-state index is 12.9. The third-order valence-corrected chi connectivity index (χ3v) is 5.88. The van der Waals surface area contributed by atoms with E-state index in [2.05, 4.69) is 28.3 Å². The van der Waals surface area contributed by atoms with Crippen LogP contribution in [-0.4, -0.2) is 40.0 Å². The first-order valence-corrected chi connectivity index (χ1v) is 10.5. The summed E-state index contributed by atoms with van der Waals surface area (Å²) < 4.78 is 5.92. The van der Waals surface area contributed by atoms with E-state index < -0.39 is 0 Å². The first-order valence-electron chi connectivity index (χ1n) is 9.63. The second kappa shape index (κ2) is 8.52. The van der Waals surface area contributed by atoms with Gasteiger partial charge in [-0.05, 0) is 54.0 Å². The van der Waals surface area contributed by atoms with Crippen LogP contribution < -0.4 is 4.74 Å². The van der Waals surface area contributed by atoms with Crippen LogP contribution in [0.15, 0.2) is 54.2 Å². The van der Waals surface area contributed by atoms with Gasteiger partial charge in [-0.2, -0.15) is 0 Å². The highest BCUT2D eigenvalue weighted by Gasteiger charge is 2.26. The van der Waals surface area contributed by atoms with Gasteiger partial charge in [0, 0.05) is 29.4 Å². The molecule has 1 aromatic carbocycles. The molecule has 1 atom stereocenters. The number of ether oxygens (including phenoxy) is 1. The molecule has 2 aromatic heterocycles. The number of rotatable bonds is 5. The second-order valence-electron chi connectivity index (χ2n) is 6.92. The summed E-state index contributed by atoms with van der Waals surface area (Å²) in [7, 11) is 0. The van der Waals surface area contributed by atoms with E-state index in [0.717, 1.165) is 36.9 Å². The Morgan fingerprint density at radius 2 is 2.00 bits per heavy atom. The van der Waals surface area contributed by atoms with E-state index in [4.69, 9.17) is 4.74 Å². The molecule has 0 N–H and O–H groups in total. The summed E-state index contributed by atoms with van der Waals surface area (Å²) in [5.74, 6) is 0.0493. The number of thiophene rings is 1. The zero-order valence-corrected chi connectivity index (χ0v) is 16.7. The smallest absolute Gasteiger partial charge is 0.316 e. The number of nitrogens with zero attached hydrogens (tertiary/aromatic N) is 3. The maximum Gasteiger partial charge on any atom is 0.316 e. The molecule has 0 spiro atoms. The molecule has 4 rings (SSSR count). The molecule has 1 aliphatic rings. The highest BCUT2D eigenvalue weighted by atomic mass is 32.1. The number of hydrogen-bond acceptors (Lipinski definition) is 5. The van der Waals surface area contributed by atoms with Crippen molar-refractivity contribution in [1.82, 2.24) is 14.9 Å². The summed E-state index contributed by atoms with van der Waals surface area (Å²) in [4.78, 5) is 24.5. The molecule has 1 amide bonds. The molecule has 1 saturated heterocycles. The van der Waals surface area contributed by atoms with Crippen LogP contribution in [0.5, 0.6) is 6.01 Å². The molecule has 1 aliphatic heterocycles. The minimum absolute atomic E-state index is 0.0493. The van der Waals surface area contributed by atoms with Crippen LogP contribution in [0.2, 0.25) is 0 Å². The number of piperidine rings is 1. The molecule has 5 nitrogen and oxygen atoms in total. The van der Waals surface area contributed by atoms with Gasteiger partial charge in [-0.15, -0.1) is 11.3 Å². The molecule has 1 fully saturated rings. The van der Waals surface area contributed by atoms with E-state index in [1.165, 1.54) is 4.88 Å². The first-order chi connectivity index (χ1) is 13.7. The van der Waals surface area contributed by atoms with Crippen molar-refractivity contribution in [3.8, 4) is 16.5 Å². The summed E-state index contributed by atoms with van der Waals surface area (Å²) in [6, 6.07) is 12.4. The molecule has 0 aliphatic carbocycles. The number of carbonyl (C=O) groups excluding carboxylic acids is 1. The monoisotopic (exact) mass is 393 g/mol. The van der Waals surface area contributed by atoms with Crippen LogP contribution in [0.1, 0.15) is 35.7 Å². The Balaban J connectivity index is 1.40. The molecule has 1 unspecified atom stereocenters. The van der Waals surface area contributed by atoms with Crippen molar-refractivity contribution >= 4 is 17.2 Å². The molecule has 6 heteroatoms. The van der Waals surface area contributed by atoms with Gasteiger partial charge >= 0.3 is 6.01 Å². The summed E-state index contributed by atoms with van der Waals surface area (Å²) in [5.41, 5.74) is 2.93. The average Bonchev–Trinajstić information content (AvgIpc) is 3.29. The van der Waals surface area contributed by atoms with Crippen molar-refractivity contribution < 1.29 is 9.53 Å². The van der Waals surface area contributed by atoms with Gasteiger partial charge in [-0.3, -0.25) is 4.79 Å². The number of carbonyl (C=O) groups is 1. The lowest BCUT2D eigenvalue weighted by atomic mass is 10.1. The molecule has 3 aromatic rings. The number of aromatic nitrogens is 2. The van der Waals surface area contributed by atoms with Gasteiger partial charge in [0.05, 0.1) is 6.54 Å². The molecule has 144 valence electrons. The molecule has 3 heterocycles. The number of likely N-dealkylation sites (tertiary alicyclic amines) is 1. The van der Waals surface area contributed by atoms with Crippen molar-refractivity contribution in [1.29, 1.82) is 0 Å². The number of benzene rings is 1. The van der Waals surface area contributed by atoms with Crippen LogP contribution in [0.4, 0.5) is 0 Å². The third kappa shape index (κ3) is 4.22. The fourth-order valence-electron chi connectivity index (χ4n) is 3.36. The first kappa shape index (κ1) is 18.6. The number of aryl methyl sites for hydroxylation is 1. The Bertz CT molecular complexity index is 908. The van der Waals surface area contributed by atoms with Gasteiger partial charge in [-0.25, -0.2) is 9.97 Å². The Morgan fingerprint density at radius 1 is 1.21 bits per heavy atom. The predicted octanol–water partition coefficient (Wildman–Crippen LogP) is 4.45. The minimum Gasteiger partial charge on any atom is -0.458 e. The maximum absolute atomic E-state index is 12.9. The van der Waals surface area contributed by atoms with Crippen LogP contribution in [-0.2, 0) is 6.42 Å². The van der Waals surface area contributed by atoms with Crippen molar-refractivity contribution in [3.63, 3.8) is 0 Å². The number of hydrogen-bond donors (Lipinski definition) is 0. The van der Waals surface area contributed by atoms with Gasteiger partial charge in [0.1, 0.15) is 6.10 Å². The lowest BCUT2D eigenvalue weighted by Gasteiger charge is -2.32. The van der Waals surface area contributed by atoms with Crippen molar-refractivity contribution in [2.75, 3.05) is 13.1 Å². The molecular formula is C22H23N3O2S. The zero-order chi connectivity index (χ0) is 19.3. The Kier molecular flexibility index (Phi) is 5.67. The van der Waals surface area contributed by atoms with Gasteiger partial charge in [0.15, 0.2) is 0 Å². The van der Waals surface area contributed by atoms with E-state index >= 15 is 0 Å². The van der Waals surface area contributed by atoms with Crippen molar-refractivity contribution in [3.05, 3.63) is 65.3 Å². The fourth-order valence-corrected chi connectivity index (χ4v) is 4.09.